The number of Topliss-reactive ketones (excluding diaryl/α,β-unsaturated/α-hetero) is 1. The molecule has 0 aliphatic rings. The van der Waals surface area contributed by atoms with Gasteiger partial charge in [-0.05, 0) is 30.3 Å². The molecule has 1 aromatic heterocycles. The highest BCUT2D eigenvalue weighted by molar-refractivity contribution is 6.34. The Kier molecular flexibility index (Phi) is 5.52. The van der Waals surface area contributed by atoms with Crippen LogP contribution in [0.2, 0.25) is 10.2 Å². The fraction of sp³-hybridized carbons (Fsp3) is 0.133. The van der Waals surface area contributed by atoms with Gasteiger partial charge in [-0.2, -0.15) is 0 Å². The number of nitrogens with zero attached hydrogens (tertiary/aromatic N) is 1. The van der Waals surface area contributed by atoms with Crippen molar-refractivity contribution in [3.63, 3.8) is 0 Å². The van der Waals surface area contributed by atoms with E-state index in [2.05, 4.69) is 4.98 Å². The lowest BCUT2D eigenvalue weighted by Crippen LogP contribution is -2.16. The number of esters is 1. The number of methoxy groups -OCH3 is 1. The minimum Gasteiger partial charge on any atom is -0.494 e. The number of pyridine rings is 1. The van der Waals surface area contributed by atoms with Gasteiger partial charge in [0, 0.05) is 5.56 Å². The van der Waals surface area contributed by atoms with Crippen molar-refractivity contribution in [3.8, 4) is 5.75 Å². The number of halogens is 3. The van der Waals surface area contributed by atoms with Crippen molar-refractivity contribution >= 4 is 35.0 Å². The molecule has 0 radical (unpaired) electrons. The van der Waals surface area contributed by atoms with Crippen molar-refractivity contribution in [1.29, 1.82) is 0 Å². The molecule has 0 bridgehead atoms. The molecule has 0 aliphatic heterocycles. The summed E-state index contributed by atoms with van der Waals surface area (Å²) < 4.78 is 23.1. The number of ether oxygens (including phenoxy) is 2. The van der Waals surface area contributed by atoms with Crippen LogP contribution in [0.5, 0.6) is 5.75 Å². The second-order valence-electron chi connectivity index (χ2n) is 4.31. The minimum atomic E-state index is -0.903. The second-order valence-corrected chi connectivity index (χ2v) is 5.11. The van der Waals surface area contributed by atoms with Crippen LogP contribution in [-0.4, -0.2) is 30.5 Å². The number of aromatic nitrogens is 1. The maximum absolute atomic E-state index is 13.5. The third-order valence-corrected chi connectivity index (χ3v) is 3.33. The van der Waals surface area contributed by atoms with Crippen molar-refractivity contribution in [2.75, 3.05) is 13.7 Å². The number of rotatable bonds is 5. The molecule has 0 aliphatic carbocycles. The third-order valence-electron chi connectivity index (χ3n) is 2.81. The zero-order valence-corrected chi connectivity index (χ0v) is 13.3. The van der Waals surface area contributed by atoms with Gasteiger partial charge in [0.25, 0.3) is 0 Å². The van der Waals surface area contributed by atoms with Gasteiger partial charge in [0.05, 0.1) is 12.1 Å². The van der Waals surface area contributed by atoms with E-state index >= 15 is 0 Å². The van der Waals surface area contributed by atoms with Crippen LogP contribution in [0.25, 0.3) is 0 Å². The van der Waals surface area contributed by atoms with Gasteiger partial charge in [-0.25, -0.2) is 14.2 Å². The molecule has 0 saturated heterocycles. The Morgan fingerprint density at radius 1 is 1.22 bits per heavy atom. The molecule has 2 rings (SSSR count). The third kappa shape index (κ3) is 4.18. The summed E-state index contributed by atoms with van der Waals surface area (Å²) in [5.41, 5.74) is -0.158. The number of hydrogen-bond acceptors (Lipinski definition) is 5. The molecule has 1 aromatic carbocycles. The van der Waals surface area contributed by atoms with Crippen molar-refractivity contribution < 1.29 is 23.5 Å². The van der Waals surface area contributed by atoms with E-state index in [1.54, 1.807) is 0 Å². The maximum Gasteiger partial charge on any atom is 0.359 e. The van der Waals surface area contributed by atoms with Crippen molar-refractivity contribution in [2.24, 2.45) is 0 Å². The average Bonchev–Trinajstić information content (AvgIpc) is 2.54. The van der Waals surface area contributed by atoms with Gasteiger partial charge in [-0.15, -0.1) is 0 Å². The number of carbonyl (C=O) groups excluding carboxylic acids is 2. The summed E-state index contributed by atoms with van der Waals surface area (Å²) in [6.45, 7) is -0.588. The SMILES string of the molecule is COc1ccc(C(=O)COC(=O)c2nc(Cl)ccc2Cl)cc1F. The first-order valence-corrected chi connectivity index (χ1v) is 7.04. The van der Waals surface area contributed by atoms with E-state index in [0.29, 0.717) is 0 Å². The first-order valence-electron chi connectivity index (χ1n) is 6.28. The van der Waals surface area contributed by atoms with E-state index in [4.69, 9.17) is 32.7 Å². The van der Waals surface area contributed by atoms with E-state index in [1.807, 2.05) is 0 Å². The van der Waals surface area contributed by atoms with Crippen LogP contribution in [0, 0.1) is 5.82 Å². The number of ketones is 1. The van der Waals surface area contributed by atoms with Gasteiger partial charge in [0.15, 0.2) is 29.7 Å². The molecule has 5 nitrogen and oxygen atoms in total. The Balaban J connectivity index is 2.05. The molecule has 0 atom stereocenters. The second kappa shape index (κ2) is 7.39. The van der Waals surface area contributed by atoms with Crippen molar-refractivity contribution in [3.05, 3.63) is 57.6 Å². The molecule has 1 heterocycles. The van der Waals surface area contributed by atoms with E-state index in [-0.39, 0.29) is 27.2 Å². The van der Waals surface area contributed by atoms with Gasteiger partial charge < -0.3 is 9.47 Å². The topological polar surface area (TPSA) is 65.5 Å². The molecule has 2 aromatic rings. The predicted octanol–water partition coefficient (Wildman–Crippen LogP) is 3.58. The molecule has 0 fully saturated rings. The molecule has 8 heteroatoms. The minimum absolute atomic E-state index is 0.00783. The van der Waals surface area contributed by atoms with Crippen molar-refractivity contribution in [1.82, 2.24) is 4.98 Å². The summed E-state index contributed by atoms with van der Waals surface area (Å²) in [5.74, 6) is -2.17. The Hall–Kier alpha value is -2.18. The molecule has 0 unspecified atom stereocenters. The zero-order chi connectivity index (χ0) is 17.0. The Morgan fingerprint density at radius 2 is 1.96 bits per heavy atom. The van der Waals surface area contributed by atoms with Crippen molar-refractivity contribution in [2.45, 2.75) is 0 Å². The molecule has 120 valence electrons. The van der Waals surface area contributed by atoms with Crippen LogP contribution in [0.3, 0.4) is 0 Å². The zero-order valence-electron chi connectivity index (χ0n) is 11.8. The first kappa shape index (κ1) is 17.2. The highest BCUT2D eigenvalue weighted by Gasteiger charge is 2.17. The molecule has 23 heavy (non-hydrogen) atoms. The van der Waals surface area contributed by atoms with E-state index < -0.39 is 24.2 Å². The van der Waals surface area contributed by atoms with Crippen LogP contribution in [0.4, 0.5) is 4.39 Å². The van der Waals surface area contributed by atoms with Gasteiger partial charge in [0.2, 0.25) is 0 Å². The summed E-state index contributed by atoms with van der Waals surface area (Å²) >= 11 is 11.5. The fourth-order valence-corrected chi connectivity index (χ4v) is 2.01. The average molecular weight is 358 g/mol. The number of carbonyl (C=O) groups is 2. The smallest absolute Gasteiger partial charge is 0.359 e. The fourth-order valence-electron chi connectivity index (χ4n) is 1.68. The predicted molar refractivity (Wildman–Crippen MR) is 81.8 cm³/mol. The lowest BCUT2D eigenvalue weighted by Gasteiger charge is -2.07. The monoisotopic (exact) mass is 357 g/mol. The summed E-state index contributed by atoms with van der Waals surface area (Å²) in [5, 5.41) is 0.104. The van der Waals surface area contributed by atoms with Gasteiger partial charge in [-0.3, -0.25) is 4.79 Å². The van der Waals surface area contributed by atoms with Crippen LogP contribution < -0.4 is 4.74 Å². The van der Waals surface area contributed by atoms with Gasteiger partial charge in [-0.1, -0.05) is 23.2 Å². The Morgan fingerprint density at radius 3 is 2.61 bits per heavy atom. The lowest BCUT2D eigenvalue weighted by atomic mass is 10.1. The highest BCUT2D eigenvalue weighted by atomic mass is 35.5. The highest BCUT2D eigenvalue weighted by Crippen LogP contribution is 2.19. The van der Waals surface area contributed by atoms with Crippen LogP contribution in [0.1, 0.15) is 20.8 Å². The molecule has 0 N–H and O–H groups in total. The summed E-state index contributed by atoms with van der Waals surface area (Å²) in [6, 6.07) is 6.46. The normalized spacial score (nSPS) is 10.3. The Labute approximate surface area is 140 Å². The molecular weight excluding hydrogens is 348 g/mol. The summed E-state index contributed by atoms with van der Waals surface area (Å²) in [6.07, 6.45) is 0. The molecule has 0 saturated carbocycles. The first-order chi connectivity index (χ1) is 10.9. The standard InChI is InChI=1S/C15H10Cl2FNO4/c1-22-12-4-2-8(6-10(12)18)11(20)7-23-15(21)14-9(16)3-5-13(17)19-14/h2-6H,7H2,1H3. The summed E-state index contributed by atoms with van der Waals surface area (Å²) in [4.78, 5) is 27.5. The van der Waals surface area contributed by atoms with E-state index in [1.165, 1.54) is 31.4 Å². The van der Waals surface area contributed by atoms with Crippen LogP contribution in [0.15, 0.2) is 30.3 Å². The number of hydrogen-bond donors (Lipinski definition) is 0. The molecular formula is C15H10Cl2FNO4. The van der Waals surface area contributed by atoms with E-state index in [0.717, 1.165) is 6.07 Å². The lowest BCUT2D eigenvalue weighted by molar-refractivity contribution is 0.0469. The van der Waals surface area contributed by atoms with Gasteiger partial charge in [0.1, 0.15) is 5.15 Å². The molecule has 0 spiro atoms. The maximum atomic E-state index is 13.5. The van der Waals surface area contributed by atoms with E-state index in [9.17, 15) is 14.0 Å². The van der Waals surface area contributed by atoms with Crippen LogP contribution in [-0.2, 0) is 4.74 Å². The Bertz CT molecular complexity index is 767. The largest absolute Gasteiger partial charge is 0.494 e. The van der Waals surface area contributed by atoms with Gasteiger partial charge >= 0.3 is 5.97 Å². The molecule has 0 amide bonds. The number of benzene rings is 1. The van der Waals surface area contributed by atoms with Crippen LogP contribution >= 0.6 is 23.2 Å². The summed E-state index contributed by atoms with van der Waals surface area (Å²) in [7, 11) is 1.31. The quantitative estimate of drug-likeness (QED) is 0.464.